The van der Waals surface area contributed by atoms with E-state index in [4.69, 9.17) is 0 Å². The fourth-order valence-corrected chi connectivity index (χ4v) is 3.55. The van der Waals surface area contributed by atoms with E-state index in [2.05, 4.69) is 0 Å². The van der Waals surface area contributed by atoms with Gasteiger partial charge in [-0.15, -0.1) is 0 Å². The number of piperazine rings is 1. The monoisotopic (exact) mass is 365 g/mol. The SMILES string of the molecule is O=C(Cn1ccc(=O)c2ccccc21)N1CCN(c2ccccc2F)CC1. The molecule has 0 spiro atoms. The van der Waals surface area contributed by atoms with Gasteiger partial charge in [-0.2, -0.15) is 0 Å². The van der Waals surface area contributed by atoms with Crippen LogP contribution in [0.1, 0.15) is 0 Å². The number of rotatable bonds is 3. The van der Waals surface area contributed by atoms with Crippen LogP contribution in [0, 0.1) is 5.82 Å². The van der Waals surface area contributed by atoms with Crippen molar-refractivity contribution in [3.8, 4) is 0 Å². The summed E-state index contributed by atoms with van der Waals surface area (Å²) < 4.78 is 15.8. The van der Waals surface area contributed by atoms with E-state index in [1.54, 1.807) is 29.3 Å². The first kappa shape index (κ1) is 17.3. The van der Waals surface area contributed by atoms with Crippen LogP contribution in [0.4, 0.5) is 10.1 Å². The maximum absolute atomic E-state index is 13.9. The molecule has 0 radical (unpaired) electrons. The number of fused-ring (bicyclic) bond motifs is 1. The zero-order chi connectivity index (χ0) is 18.8. The van der Waals surface area contributed by atoms with E-state index in [0.717, 1.165) is 5.52 Å². The van der Waals surface area contributed by atoms with Gasteiger partial charge in [0.25, 0.3) is 0 Å². The Bertz CT molecular complexity index is 1040. The summed E-state index contributed by atoms with van der Waals surface area (Å²) in [4.78, 5) is 28.5. The summed E-state index contributed by atoms with van der Waals surface area (Å²) in [6.45, 7) is 2.46. The molecule has 0 aliphatic carbocycles. The lowest BCUT2D eigenvalue weighted by Crippen LogP contribution is -2.49. The number of carbonyl (C=O) groups excluding carboxylic acids is 1. The zero-order valence-electron chi connectivity index (χ0n) is 14.8. The number of nitrogens with zero attached hydrogens (tertiary/aromatic N) is 3. The number of hydrogen-bond donors (Lipinski definition) is 0. The van der Waals surface area contributed by atoms with Crippen molar-refractivity contribution in [1.29, 1.82) is 0 Å². The van der Waals surface area contributed by atoms with Gasteiger partial charge in [0.15, 0.2) is 5.43 Å². The Labute approximate surface area is 156 Å². The van der Waals surface area contributed by atoms with Crippen LogP contribution in [0.3, 0.4) is 0 Å². The highest BCUT2D eigenvalue weighted by Gasteiger charge is 2.23. The van der Waals surface area contributed by atoms with Gasteiger partial charge in [0.05, 0.1) is 11.2 Å². The normalized spacial score (nSPS) is 14.6. The van der Waals surface area contributed by atoms with Gasteiger partial charge in [-0.25, -0.2) is 4.39 Å². The molecular formula is C21H20FN3O2. The van der Waals surface area contributed by atoms with E-state index in [1.807, 2.05) is 33.7 Å². The van der Waals surface area contributed by atoms with Crippen LogP contribution in [0.25, 0.3) is 10.9 Å². The smallest absolute Gasteiger partial charge is 0.242 e. The first-order valence-corrected chi connectivity index (χ1v) is 8.99. The molecule has 27 heavy (non-hydrogen) atoms. The molecule has 1 aromatic heterocycles. The number of hydrogen-bond acceptors (Lipinski definition) is 3. The summed E-state index contributed by atoms with van der Waals surface area (Å²) in [7, 11) is 0. The molecule has 1 aliphatic heterocycles. The molecule has 6 heteroatoms. The molecule has 1 amide bonds. The first-order chi connectivity index (χ1) is 13.1. The van der Waals surface area contributed by atoms with Crippen LogP contribution in [-0.2, 0) is 11.3 Å². The van der Waals surface area contributed by atoms with Crippen molar-refractivity contribution >= 4 is 22.5 Å². The standard InChI is InChI=1S/C21H20FN3O2/c22-17-6-2-4-8-19(17)23-11-13-24(14-12-23)21(27)15-25-10-9-20(26)16-5-1-3-7-18(16)25/h1-10H,11-15H2. The van der Waals surface area contributed by atoms with E-state index in [0.29, 0.717) is 37.3 Å². The largest absolute Gasteiger partial charge is 0.366 e. The summed E-state index contributed by atoms with van der Waals surface area (Å²) in [6.07, 6.45) is 1.66. The Morgan fingerprint density at radius 2 is 1.63 bits per heavy atom. The summed E-state index contributed by atoms with van der Waals surface area (Å²) in [5.41, 5.74) is 1.28. The number of pyridine rings is 1. The van der Waals surface area contributed by atoms with Gasteiger partial charge in [0.2, 0.25) is 5.91 Å². The van der Waals surface area contributed by atoms with Gasteiger partial charge in [0, 0.05) is 43.8 Å². The number of benzene rings is 2. The van der Waals surface area contributed by atoms with Gasteiger partial charge >= 0.3 is 0 Å². The van der Waals surface area contributed by atoms with Crippen molar-refractivity contribution in [2.75, 3.05) is 31.1 Å². The molecule has 2 aromatic carbocycles. The van der Waals surface area contributed by atoms with Crippen molar-refractivity contribution in [2.24, 2.45) is 0 Å². The maximum Gasteiger partial charge on any atom is 0.242 e. The summed E-state index contributed by atoms with van der Waals surface area (Å²) in [5, 5.41) is 0.608. The van der Waals surface area contributed by atoms with Crippen LogP contribution < -0.4 is 10.3 Å². The molecule has 0 unspecified atom stereocenters. The molecule has 1 saturated heterocycles. The fraction of sp³-hybridized carbons (Fsp3) is 0.238. The lowest BCUT2D eigenvalue weighted by Gasteiger charge is -2.36. The second-order valence-corrected chi connectivity index (χ2v) is 6.64. The van der Waals surface area contributed by atoms with Crippen LogP contribution in [0.2, 0.25) is 0 Å². The average molecular weight is 365 g/mol. The minimum Gasteiger partial charge on any atom is -0.366 e. The fourth-order valence-electron chi connectivity index (χ4n) is 3.55. The quantitative estimate of drug-likeness (QED) is 0.716. The second-order valence-electron chi connectivity index (χ2n) is 6.64. The molecule has 2 heterocycles. The third kappa shape index (κ3) is 3.43. The minimum atomic E-state index is -0.239. The lowest BCUT2D eigenvalue weighted by atomic mass is 10.2. The molecule has 4 rings (SSSR count). The third-order valence-corrected chi connectivity index (χ3v) is 5.02. The third-order valence-electron chi connectivity index (χ3n) is 5.02. The van der Waals surface area contributed by atoms with Crippen molar-refractivity contribution in [3.05, 3.63) is 76.8 Å². The van der Waals surface area contributed by atoms with Gasteiger partial charge in [0.1, 0.15) is 12.4 Å². The Hall–Kier alpha value is -3.15. The summed E-state index contributed by atoms with van der Waals surface area (Å²) in [5.74, 6) is -0.242. The van der Waals surface area contributed by atoms with Crippen molar-refractivity contribution in [3.63, 3.8) is 0 Å². The highest BCUT2D eigenvalue weighted by molar-refractivity contribution is 5.82. The number of anilines is 1. The lowest BCUT2D eigenvalue weighted by molar-refractivity contribution is -0.132. The van der Waals surface area contributed by atoms with Gasteiger partial charge in [-0.1, -0.05) is 24.3 Å². The van der Waals surface area contributed by atoms with Crippen molar-refractivity contribution < 1.29 is 9.18 Å². The predicted octanol–water partition coefficient (Wildman–Crippen LogP) is 2.49. The van der Waals surface area contributed by atoms with E-state index in [1.165, 1.54) is 12.1 Å². The molecule has 0 saturated carbocycles. The molecule has 0 N–H and O–H groups in total. The molecule has 0 atom stereocenters. The van der Waals surface area contributed by atoms with Crippen LogP contribution in [0.5, 0.6) is 0 Å². The van der Waals surface area contributed by atoms with Crippen LogP contribution in [0.15, 0.2) is 65.6 Å². The Balaban J connectivity index is 1.46. The maximum atomic E-state index is 13.9. The predicted molar refractivity (Wildman–Crippen MR) is 103 cm³/mol. The van der Waals surface area contributed by atoms with E-state index < -0.39 is 0 Å². The summed E-state index contributed by atoms with van der Waals surface area (Å²) >= 11 is 0. The van der Waals surface area contributed by atoms with Crippen LogP contribution >= 0.6 is 0 Å². The molecule has 3 aromatic rings. The summed E-state index contributed by atoms with van der Waals surface area (Å²) in [6, 6.07) is 15.5. The van der Waals surface area contributed by atoms with Crippen molar-refractivity contribution in [2.45, 2.75) is 6.54 Å². The molecule has 138 valence electrons. The number of carbonyl (C=O) groups is 1. The Kier molecular flexibility index (Phi) is 4.62. The zero-order valence-corrected chi connectivity index (χ0v) is 14.8. The molecular weight excluding hydrogens is 345 g/mol. The molecule has 5 nitrogen and oxygen atoms in total. The minimum absolute atomic E-state index is 0.00279. The average Bonchev–Trinajstić information content (AvgIpc) is 2.71. The van der Waals surface area contributed by atoms with Gasteiger partial charge < -0.3 is 14.4 Å². The molecule has 1 aliphatic rings. The topological polar surface area (TPSA) is 45.6 Å². The number of halogens is 1. The van der Waals surface area contributed by atoms with Crippen molar-refractivity contribution in [1.82, 2.24) is 9.47 Å². The Morgan fingerprint density at radius 1 is 0.926 bits per heavy atom. The number of para-hydroxylation sites is 2. The van der Waals surface area contributed by atoms with E-state index in [-0.39, 0.29) is 23.7 Å². The first-order valence-electron chi connectivity index (χ1n) is 8.99. The van der Waals surface area contributed by atoms with E-state index in [9.17, 15) is 14.0 Å². The van der Waals surface area contributed by atoms with Gasteiger partial charge in [-0.3, -0.25) is 9.59 Å². The van der Waals surface area contributed by atoms with E-state index >= 15 is 0 Å². The van der Waals surface area contributed by atoms with Gasteiger partial charge in [-0.05, 0) is 24.3 Å². The highest BCUT2D eigenvalue weighted by Crippen LogP contribution is 2.20. The molecule has 0 bridgehead atoms. The highest BCUT2D eigenvalue weighted by atomic mass is 19.1. The Morgan fingerprint density at radius 3 is 2.41 bits per heavy atom. The van der Waals surface area contributed by atoms with Crippen LogP contribution in [-0.4, -0.2) is 41.6 Å². The number of amides is 1. The second kappa shape index (κ2) is 7.23. The molecule has 1 fully saturated rings. The number of aromatic nitrogens is 1.